The zero-order valence-corrected chi connectivity index (χ0v) is 8.00. The van der Waals surface area contributed by atoms with E-state index in [1.807, 2.05) is 0 Å². The predicted molar refractivity (Wildman–Crippen MR) is 48.7 cm³/mol. The Balaban J connectivity index is 2.04. The van der Waals surface area contributed by atoms with Crippen LogP contribution in [0.5, 0.6) is 0 Å². The van der Waals surface area contributed by atoms with Crippen molar-refractivity contribution in [3.63, 3.8) is 0 Å². The quantitative estimate of drug-likeness (QED) is 0.486. The Morgan fingerprint density at radius 1 is 1.36 bits per heavy atom. The fourth-order valence-electron chi connectivity index (χ4n) is 2.17. The van der Waals surface area contributed by atoms with Crippen molar-refractivity contribution >= 4 is 15.9 Å². The lowest BCUT2D eigenvalue weighted by Gasteiger charge is -2.32. The highest BCUT2D eigenvalue weighted by molar-refractivity contribution is 9.09. The zero-order valence-electron chi connectivity index (χ0n) is 6.41. The second-order valence-electron chi connectivity index (χ2n) is 3.64. The van der Waals surface area contributed by atoms with Gasteiger partial charge in [-0.25, -0.2) is 0 Å². The molecule has 11 heavy (non-hydrogen) atoms. The standard InChI is InChI=1S/C9H13BrO/c10-8-4-6-2-1-3-7(6)5-9(8)11/h1,3,6-9,11H,2,4-5H2/t6-,7+,8-,9-/m1/s1. The number of hydrogen-bond donors (Lipinski definition) is 1. The number of aliphatic hydroxyl groups is 1. The molecule has 0 amide bonds. The number of fused-ring (bicyclic) bond motifs is 1. The molecule has 1 nitrogen and oxygen atoms in total. The molecule has 2 aliphatic carbocycles. The Labute approximate surface area is 75.6 Å². The first kappa shape index (κ1) is 7.81. The maximum absolute atomic E-state index is 9.54. The largest absolute Gasteiger partial charge is 0.392 e. The van der Waals surface area contributed by atoms with Crippen molar-refractivity contribution < 1.29 is 5.11 Å². The van der Waals surface area contributed by atoms with Gasteiger partial charge in [0.15, 0.2) is 0 Å². The second kappa shape index (κ2) is 2.91. The average Bonchev–Trinajstić information content (AvgIpc) is 2.36. The first-order valence-corrected chi connectivity index (χ1v) is 5.17. The molecule has 0 radical (unpaired) electrons. The molecule has 1 N–H and O–H groups in total. The predicted octanol–water partition coefficient (Wildman–Crippen LogP) is 2.10. The second-order valence-corrected chi connectivity index (χ2v) is 4.82. The van der Waals surface area contributed by atoms with Crippen molar-refractivity contribution in [3.8, 4) is 0 Å². The molecule has 0 bridgehead atoms. The summed E-state index contributed by atoms with van der Waals surface area (Å²) in [4.78, 5) is 0.337. The van der Waals surface area contributed by atoms with E-state index in [4.69, 9.17) is 0 Å². The van der Waals surface area contributed by atoms with Gasteiger partial charge in [0.25, 0.3) is 0 Å². The van der Waals surface area contributed by atoms with Crippen LogP contribution in [0.4, 0.5) is 0 Å². The van der Waals surface area contributed by atoms with Gasteiger partial charge in [-0.3, -0.25) is 0 Å². The molecule has 0 unspecified atom stereocenters. The molecule has 0 heterocycles. The summed E-state index contributed by atoms with van der Waals surface area (Å²) in [6, 6.07) is 0. The number of halogens is 1. The monoisotopic (exact) mass is 216 g/mol. The molecule has 2 rings (SSSR count). The molecular formula is C9H13BrO. The Morgan fingerprint density at radius 3 is 3.00 bits per heavy atom. The van der Waals surface area contributed by atoms with Crippen LogP contribution >= 0.6 is 15.9 Å². The maximum atomic E-state index is 9.54. The first-order valence-electron chi connectivity index (χ1n) is 4.26. The molecule has 0 saturated heterocycles. The maximum Gasteiger partial charge on any atom is 0.0671 e. The Morgan fingerprint density at radius 2 is 2.18 bits per heavy atom. The Kier molecular flexibility index (Phi) is 2.06. The SMILES string of the molecule is O[C@@H]1C[C@@H]2C=CC[C@@H]2C[C@H]1Br. The van der Waals surface area contributed by atoms with Gasteiger partial charge in [0.05, 0.1) is 6.10 Å². The minimum atomic E-state index is -0.126. The summed E-state index contributed by atoms with van der Waals surface area (Å²) >= 11 is 3.51. The van der Waals surface area contributed by atoms with Crippen LogP contribution in [0.1, 0.15) is 19.3 Å². The molecule has 0 aromatic heterocycles. The van der Waals surface area contributed by atoms with E-state index in [0.29, 0.717) is 10.7 Å². The lowest BCUT2D eigenvalue weighted by Crippen LogP contribution is -2.33. The summed E-state index contributed by atoms with van der Waals surface area (Å²) in [6.45, 7) is 0. The molecule has 1 saturated carbocycles. The number of allylic oxidation sites excluding steroid dienone is 2. The normalized spacial score (nSPS) is 49.3. The van der Waals surface area contributed by atoms with Crippen molar-refractivity contribution in [1.29, 1.82) is 0 Å². The summed E-state index contributed by atoms with van der Waals surface area (Å²) in [6.07, 6.45) is 7.72. The molecule has 1 fully saturated rings. The summed E-state index contributed by atoms with van der Waals surface area (Å²) in [5.74, 6) is 1.47. The van der Waals surface area contributed by atoms with Crippen molar-refractivity contribution in [3.05, 3.63) is 12.2 Å². The third-order valence-corrected chi connectivity index (χ3v) is 3.87. The van der Waals surface area contributed by atoms with Crippen LogP contribution in [0.2, 0.25) is 0 Å². The third-order valence-electron chi connectivity index (χ3n) is 2.89. The molecule has 0 aliphatic heterocycles. The lowest BCUT2D eigenvalue weighted by molar-refractivity contribution is 0.0987. The minimum Gasteiger partial charge on any atom is -0.392 e. The summed E-state index contributed by atoms with van der Waals surface area (Å²) in [7, 11) is 0. The van der Waals surface area contributed by atoms with Gasteiger partial charge in [-0.2, -0.15) is 0 Å². The van der Waals surface area contributed by atoms with E-state index in [1.54, 1.807) is 0 Å². The van der Waals surface area contributed by atoms with E-state index in [0.717, 1.165) is 18.8 Å². The highest BCUT2D eigenvalue weighted by atomic mass is 79.9. The lowest BCUT2D eigenvalue weighted by atomic mass is 9.80. The van der Waals surface area contributed by atoms with E-state index in [1.165, 1.54) is 6.42 Å². The molecule has 2 aliphatic rings. The molecule has 4 atom stereocenters. The molecule has 2 heteroatoms. The highest BCUT2D eigenvalue weighted by Gasteiger charge is 2.34. The van der Waals surface area contributed by atoms with Crippen molar-refractivity contribution in [1.82, 2.24) is 0 Å². The van der Waals surface area contributed by atoms with E-state index in [-0.39, 0.29) is 6.10 Å². The van der Waals surface area contributed by atoms with Gasteiger partial charge in [0, 0.05) is 4.83 Å². The van der Waals surface area contributed by atoms with Crippen LogP contribution in [0, 0.1) is 11.8 Å². The van der Waals surface area contributed by atoms with Crippen LogP contribution in [0.25, 0.3) is 0 Å². The van der Waals surface area contributed by atoms with Crippen molar-refractivity contribution in [2.24, 2.45) is 11.8 Å². The van der Waals surface area contributed by atoms with Gasteiger partial charge < -0.3 is 5.11 Å². The van der Waals surface area contributed by atoms with Gasteiger partial charge in [-0.1, -0.05) is 28.1 Å². The zero-order chi connectivity index (χ0) is 7.84. The van der Waals surface area contributed by atoms with Gasteiger partial charge in [0.1, 0.15) is 0 Å². The van der Waals surface area contributed by atoms with Gasteiger partial charge in [-0.05, 0) is 31.1 Å². The third kappa shape index (κ3) is 1.38. The average molecular weight is 217 g/mol. The van der Waals surface area contributed by atoms with E-state index < -0.39 is 0 Å². The van der Waals surface area contributed by atoms with Gasteiger partial charge >= 0.3 is 0 Å². The molecular weight excluding hydrogens is 204 g/mol. The Bertz CT molecular complexity index is 178. The molecule has 0 spiro atoms. The number of rotatable bonds is 0. The smallest absolute Gasteiger partial charge is 0.0671 e. The molecule has 0 aromatic rings. The van der Waals surface area contributed by atoms with Gasteiger partial charge in [0.2, 0.25) is 0 Å². The van der Waals surface area contributed by atoms with Crippen LogP contribution in [-0.2, 0) is 0 Å². The van der Waals surface area contributed by atoms with E-state index in [2.05, 4.69) is 28.1 Å². The van der Waals surface area contributed by atoms with Crippen molar-refractivity contribution in [2.75, 3.05) is 0 Å². The minimum absolute atomic E-state index is 0.126. The summed E-state index contributed by atoms with van der Waals surface area (Å²) < 4.78 is 0. The number of alkyl halides is 1. The Hall–Kier alpha value is 0.180. The van der Waals surface area contributed by atoms with Crippen molar-refractivity contribution in [2.45, 2.75) is 30.2 Å². The van der Waals surface area contributed by atoms with Crippen LogP contribution in [0.15, 0.2) is 12.2 Å². The fourth-order valence-corrected chi connectivity index (χ4v) is 2.87. The van der Waals surface area contributed by atoms with E-state index >= 15 is 0 Å². The summed E-state index contributed by atoms with van der Waals surface area (Å²) in [5.41, 5.74) is 0. The van der Waals surface area contributed by atoms with Crippen LogP contribution < -0.4 is 0 Å². The van der Waals surface area contributed by atoms with Gasteiger partial charge in [-0.15, -0.1) is 0 Å². The number of hydrogen-bond acceptors (Lipinski definition) is 1. The number of aliphatic hydroxyl groups excluding tert-OH is 1. The van der Waals surface area contributed by atoms with E-state index in [9.17, 15) is 5.11 Å². The van der Waals surface area contributed by atoms with Crippen LogP contribution in [0.3, 0.4) is 0 Å². The highest BCUT2D eigenvalue weighted by Crippen LogP contribution is 2.40. The summed E-state index contributed by atoms with van der Waals surface area (Å²) in [5, 5.41) is 9.54. The first-order chi connectivity index (χ1) is 5.27. The topological polar surface area (TPSA) is 20.2 Å². The molecule has 0 aromatic carbocycles. The molecule has 62 valence electrons. The van der Waals surface area contributed by atoms with Crippen LogP contribution in [-0.4, -0.2) is 16.0 Å². The fraction of sp³-hybridized carbons (Fsp3) is 0.778.